The van der Waals surface area contributed by atoms with Crippen molar-refractivity contribution in [2.45, 2.75) is 105 Å². The van der Waals surface area contributed by atoms with E-state index in [-0.39, 0.29) is 12.2 Å². The first-order valence-electron chi connectivity index (χ1n) is 13.7. The van der Waals surface area contributed by atoms with Gasteiger partial charge in [-0.2, -0.15) is 0 Å². The second kappa shape index (κ2) is 21.2. The first kappa shape index (κ1) is 31.6. The molecule has 0 aliphatic rings. The number of benzene rings is 1. The highest BCUT2D eigenvalue weighted by molar-refractivity contribution is 5.81. The van der Waals surface area contributed by atoms with Gasteiger partial charge >= 0.3 is 0 Å². The van der Waals surface area contributed by atoms with Gasteiger partial charge in [-0.15, -0.1) is 0 Å². The Labute approximate surface area is 205 Å². The Bertz CT molecular complexity index is 533. The molecule has 192 valence electrons. The Morgan fingerprint density at radius 1 is 0.727 bits per heavy atom. The van der Waals surface area contributed by atoms with E-state index in [0.29, 0.717) is 0 Å². The van der Waals surface area contributed by atoms with Gasteiger partial charge in [0.25, 0.3) is 0 Å². The fraction of sp³-hybridized carbons (Fsp3) is 0.759. The Balaban J connectivity index is 0.000000621. The molecule has 33 heavy (non-hydrogen) atoms. The summed E-state index contributed by atoms with van der Waals surface area (Å²) in [4.78, 5) is 10.9. The highest BCUT2D eigenvalue weighted by atomic mass is 16.5. The molecule has 1 aromatic rings. The molecule has 0 fully saturated rings. The Kier molecular flexibility index (Phi) is 20.3. The molecular formula is C29H53NO3. The minimum Gasteiger partial charge on any atom is -0.849 e. The molecule has 0 saturated heterocycles. The van der Waals surface area contributed by atoms with E-state index >= 15 is 0 Å². The molecule has 0 radical (unpaired) electrons. The topological polar surface area (TPSA) is 49.4 Å². The molecule has 4 heteroatoms. The van der Waals surface area contributed by atoms with Gasteiger partial charge in [0, 0.05) is 6.42 Å². The zero-order chi connectivity index (χ0) is 24.8. The van der Waals surface area contributed by atoms with Crippen molar-refractivity contribution in [2.75, 3.05) is 39.4 Å². The molecule has 1 rings (SSSR count). The number of Topliss-reactive ketones (excluding diaryl/α,β-unsaturated/α-hetero) is 1. The number of carbonyl (C=O) groups excluding carboxylic acids is 1. The van der Waals surface area contributed by atoms with Crippen LogP contribution in [0.5, 0.6) is 5.75 Å². The highest BCUT2D eigenvalue weighted by Crippen LogP contribution is 2.16. The van der Waals surface area contributed by atoms with Gasteiger partial charge in [0.1, 0.15) is 11.5 Å². The monoisotopic (exact) mass is 463 g/mol. The number of nitrogens with zero attached hydrogens (tertiary/aromatic N) is 1. The fourth-order valence-electron chi connectivity index (χ4n) is 3.96. The van der Waals surface area contributed by atoms with Gasteiger partial charge in [-0.25, -0.2) is 0 Å². The normalized spacial score (nSPS) is 11.1. The Hall–Kier alpha value is -1.39. The quantitative estimate of drug-likeness (QED) is 0.178. The van der Waals surface area contributed by atoms with Crippen LogP contribution in [0.25, 0.3) is 0 Å². The summed E-state index contributed by atoms with van der Waals surface area (Å²) in [6.07, 6.45) is 13.4. The Morgan fingerprint density at radius 2 is 1.15 bits per heavy atom. The number of rotatable bonds is 19. The maximum Gasteiger partial charge on any atom is 0.120 e. The van der Waals surface area contributed by atoms with Crippen LogP contribution in [0.15, 0.2) is 24.3 Å². The van der Waals surface area contributed by atoms with Crippen LogP contribution in [0.2, 0.25) is 0 Å². The van der Waals surface area contributed by atoms with Crippen LogP contribution in [0, 0.1) is 0 Å². The summed E-state index contributed by atoms with van der Waals surface area (Å²) in [7, 11) is 0. The highest BCUT2D eigenvalue weighted by Gasteiger charge is 2.24. The summed E-state index contributed by atoms with van der Waals surface area (Å²) in [5.74, 6) is 0.534. The van der Waals surface area contributed by atoms with Crippen molar-refractivity contribution in [1.82, 2.24) is 0 Å². The van der Waals surface area contributed by atoms with Crippen LogP contribution in [-0.4, -0.2) is 49.7 Å². The van der Waals surface area contributed by atoms with Gasteiger partial charge in [-0.05, 0) is 49.8 Å². The van der Waals surface area contributed by atoms with E-state index in [4.69, 9.17) is 4.74 Å². The van der Waals surface area contributed by atoms with E-state index in [9.17, 15) is 9.90 Å². The maximum atomic E-state index is 10.9. The van der Waals surface area contributed by atoms with Crippen LogP contribution < -0.4 is 9.84 Å². The second-order valence-electron chi connectivity index (χ2n) is 9.36. The molecule has 0 saturated carbocycles. The van der Waals surface area contributed by atoms with Crippen LogP contribution in [0.1, 0.15) is 104 Å². The van der Waals surface area contributed by atoms with Gasteiger partial charge in [-0.1, -0.05) is 85.5 Å². The molecule has 0 aromatic heterocycles. The van der Waals surface area contributed by atoms with E-state index in [1.165, 1.54) is 82.0 Å². The van der Waals surface area contributed by atoms with Crippen LogP contribution >= 0.6 is 0 Å². The third-order valence-corrected chi connectivity index (χ3v) is 6.20. The molecule has 0 heterocycles. The molecule has 0 atom stereocenters. The largest absolute Gasteiger partial charge is 0.849 e. The number of ether oxygens (including phenoxy) is 1. The van der Waals surface area contributed by atoms with E-state index < -0.39 is 6.61 Å². The smallest absolute Gasteiger partial charge is 0.120 e. The first-order valence-corrected chi connectivity index (χ1v) is 13.7. The number of ketones is 1. The van der Waals surface area contributed by atoms with E-state index in [0.717, 1.165) is 30.8 Å². The molecule has 0 spiro atoms. The lowest BCUT2D eigenvalue weighted by molar-refractivity contribution is -0.929. The van der Waals surface area contributed by atoms with Gasteiger partial charge in [-0.3, -0.25) is 0 Å². The van der Waals surface area contributed by atoms with Gasteiger partial charge in [0.2, 0.25) is 0 Å². The van der Waals surface area contributed by atoms with Crippen LogP contribution in [0.4, 0.5) is 0 Å². The van der Waals surface area contributed by atoms with Crippen molar-refractivity contribution >= 4 is 5.78 Å². The predicted octanol–water partition coefficient (Wildman–Crippen LogP) is 6.34. The standard InChI is InChI=1S/C16H36N.C13H17O3/c1-5-9-13-17(14-10-6-2,15-11-7-3)16-12-8-4;1-2-3-8-16-13-6-4-11(5-7-13)9-12(15)10-14/h5-16H2,1-4H3;4-7H,2-3,8-10H2,1H3/q+1;-1. The molecule has 0 aliphatic carbocycles. The number of quaternary nitrogens is 1. The van der Waals surface area contributed by atoms with Crippen LogP contribution in [0.3, 0.4) is 0 Å². The fourth-order valence-corrected chi connectivity index (χ4v) is 3.96. The van der Waals surface area contributed by atoms with Gasteiger partial charge in [0.05, 0.1) is 32.8 Å². The molecule has 0 amide bonds. The summed E-state index contributed by atoms with van der Waals surface area (Å²) in [6, 6.07) is 7.33. The van der Waals surface area contributed by atoms with E-state index in [1.54, 1.807) is 0 Å². The zero-order valence-electron chi connectivity index (χ0n) is 22.5. The average molecular weight is 464 g/mol. The van der Waals surface area contributed by atoms with E-state index in [2.05, 4.69) is 34.6 Å². The molecular weight excluding hydrogens is 410 g/mol. The number of hydrogen-bond donors (Lipinski definition) is 0. The van der Waals surface area contributed by atoms with Crippen molar-refractivity contribution < 1.29 is 19.1 Å². The van der Waals surface area contributed by atoms with Crippen molar-refractivity contribution in [2.24, 2.45) is 0 Å². The lowest BCUT2D eigenvalue weighted by Crippen LogP contribution is -2.50. The lowest BCUT2D eigenvalue weighted by atomic mass is 10.1. The first-order chi connectivity index (χ1) is 16.0. The molecule has 1 aromatic carbocycles. The molecule has 0 bridgehead atoms. The average Bonchev–Trinajstić information content (AvgIpc) is 2.84. The SMILES string of the molecule is CCCCOc1ccc(CC(=O)C[O-])cc1.CCCC[N+](CCCC)(CCCC)CCCC. The maximum absolute atomic E-state index is 10.9. The molecule has 0 N–H and O–H groups in total. The molecule has 4 nitrogen and oxygen atoms in total. The summed E-state index contributed by atoms with van der Waals surface area (Å²) in [5.41, 5.74) is 0.865. The van der Waals surface area contributed by atoms with Crippen molar-refractivity contribution in [1.29, 1.82) is 0 Å². The second-order valence-corrected chi connectivity index (χ2v) is 9.36. The Morgan fingerprint density at radius 3 is 1.52 bits per heavy atom. The summed E-state index contributed by atoms with van der Waals surface area (Å²) in [5, 5.41) is 10.3. The molecule has 0 unspecified atom stereocenters. The van der Waals surface area contributed by atoms with Crippen molar-refractivity contribution in [3.63, 3.8) is 0 Å². The summed E-state index contributed by atoms with van der Waals surface area (Å²) < 4.78 is 6.91. The van der Waals surface area contributed by atoms with Gasteiger partial charge < -0.3 is 19.1 Å². The zero-order valence-corrected chi connectivity index (χ0v) is 22.5. The minimum absolute atomic E-state index is 0.221. The van der Waals surface area contributed by atoms with Gasteiger partial charge in [0.15, 0.2) is 0 Å². The van der Waals surface area contributed by atoms with E-state index in [1.807, 2.05) is 24.3 Å². The summed E-state index contributed by atoms with van der Waals surface area (Å²) in [6.45, 7) is 17.2. The summed E-state index contributed by atoms with van der Waals surface area (Å²) >= 11 is 0. The number of carbonyl (C=O) groups is 1. The number of unbranched alkanes of at least 4 members (excludes halogenated alkanes) is 5. The minimum atomic E-state index is -0.644. The predicted molar refractivity (Wildman–Crippen MR) is 140 cm³/mol. The lowest BCUT2D eigenvalue weighted by Gasteiger charge is -2.39. The third-order valence-electron chi connectivity index (χ3n) is 6.20. The van der Waals surface area contributed by atoms with Crippen LogP contribution in [-0.2, 0) is 11.2 Å². The number of hydrogen-bond acceptors (Lipinski definition) is 3. The third kappa shape index (κ3) is 16.0. The van der Waals surface area contributed by atoms with Crippen molar-refractivity contribution in [3.8, 4) is 5.75 Å². The molecule has 0 aliphatic heterocycles. The van der Waals surface area contributed by atoms with Crippen molar-refractivity contribution in [3.05, 3.63) is 29.8 Å².